The standard InChI is InChI=1S/C9H10F3N.C2H4O2/c10-9(11,12)8-4-2-1-3-7(8)5-6-13;1-2(3)4/h1-4H,5-6,13H2;1H3,(H,3,4). The van der Waals surface area contributed by atoms with E-state index in [0.717, 1.165) is 13.0 Å². The highest BCUT2D eigenvalue weighted by atomic mass is 19.4. The molecule has 3 N–H and O–H groups in total. The summed E-state index contributed by atoms with van der Waals surface area (Å²) in [7, 11) is 0. The van der Waals surface area contributed by atoms with Gasteiger partial charge in [0.1, 0.15) is 0 Å². The molecular weight excluding hydrogens is 235 g/mol. The topological polar surface area (TPSA) is 63.3 Å². The Morgan fingerprint density at radius 2 is 1.82 bits per heavy atom. The van der Waals surface area contributed by atoms with Crippen molar-refractivity contribution in [2.45, 2.75) is 19.5 Å². The molecule has 0 bridgehead atoms. The third kappa shape index (κ3) is 6.57. The summed E-state index contributed by atoms with van der Waals surface area (Å²) in [6.07, 6.45) is -4.01. The average Bonchev–Trinajstić information content (AvgIpc) is 2.16. The zero-order valence-electron chi connectivity index (χ0n) is 9.29. The maximum atomic E-state index is 12.3. The Balaban J connectivity index is 0.000000557. The highest BCUT2D eigenvalue weighted by molar-refractivity contribution is 5.62. The number of nitrogens with two attached hydrogens (primary N) is 1. The van der Waals surface area contributed by atoms with Crippen molar-refractivity contribution >= 4 is 5.97 Å². The van der Waals surface area contributed by atoms with Crippen LogP contribution in [0.3, 0.4) is 0 Å². The average molecular weight is 249 g/mol. The number of hydrogen-bond donors (Lipinski definition) is 2. The third-order valence-electron chi connectivity index (χ3n) is 1.74. The van der Waals surface area contributed by atoms with Crippen molar-refractivity contribution in [3.05, 3.63) is 35.4 Å². The van der Waals surface area contributed by atoms with Gasteiger partial charge in [0.05, 0.1) is 5.56 Å². The van der Waals surface area contributed by atoms with E-state index in [4.69, 9.17) is 15.6 Å². The van der Waals surface area contributed by atoms with E-state index in [9.17, 15) is 13.2 Å². The fourth-order valence-corrected chi connectivity index (χ4v) is 1.17. The lowest BCUT2D eigenvalue weighted by Gasteiger charge is -2.11. The first-order valence-electron chi connectivity index (χ1n) is 4.83. The Bertz CT molecular complexity index is 360. The van der Waals surface area contributed by atoms with Crippen molar-refractivity contribution in [3.8, 4) is 0 Å². The van der Waals surface area contributed by atoms with Gasteiger partial charge in [-0.15, -0.1) is 0 Å². The normalized spacial score (nSPS) is 10.4. The van der Waals surface area contributed by atoms with Crippen LogP contribution in [0.5, 0.6) is 0 Å². The third-order valence-corrected chi connectivity index (χ3v) is 1.74. The summed E-state index contributed by atoms with van der Waals surface area (Å²) in [6.45, 7) is 1.31. The van der Waals surface area contributed by atoms with Crippen LogP contribution in [-0.2, 0) is 17.4 Å². The quantitative estimate of drug-likeness (QED) is 0.845. The zero-order chi connectivity index (χ0) is 13.5. The summed E-state index contributed by atoms with van der Waals surface area (Å²) in [4.78, 5) is 9.00. The number of halogens is 3. The molecule has 1 aromatic rings. The maximum absolute atomic E-state index is 12.3. The molecule has 0 unspecified atom stereocenters. The molecule has 0 fully saturated rings. The number of carboxylic acid groups (broad SMARTS) is 1. The van der Waals surface area contributed by atoms with Crippen LogP contribution in [0.1, 0.15) is 18.1 Å². The molecule has 0 amide bonds. The van der Waals surface area contributed by atoms with Gasteiger partial charge >= 0.3 is 6.18 Å². The minimum Gasteiger partial charge on any atom is -0.481 e. The van der Waals surface area contributed by atoms with Crippen molar-refractivity contribution in [3.63, 3.8) is 0 Å². The van der Waals surface area contributed by atoms with E-state index in [1.807, 2.05) is 0 Å². The molecule has 0 radical (unpaired) electrons. The molecule has 96 valence electrons. The summed E-state index contributed by atoms with van der Waals surface area (Å²) in [5.41, 5.74) is 4.88. The minimum atomic E-state index is -4.27. The van der Waals surface area contributed by atoms with Gasteiger partial charge in [0, 0.05) is 6.92 Å². The van der Waals surface area contributed by atoms with Crippen molar-refractivity contribution in [1.82, 2.24) is 0 Å². The van der Waals surface area contributed by atoms with Gasteiger partial charge in [0.25, 0.3) is 5.97 Å². The van der Waals surface area contributed by atoms with Gasteiger partial charge in [-0.3, -0.25) is 4.79 Å². The molecule has 0 saturated heterocycles. The Morgan fingerprint density at radius 1 is 1.35 bits per heavy atom. The van der Waals surface area contributed by atoms with Crippen LogP contribution < -0.4 is 5.73 Å². The van der Waals surface area contributed by atoms with Gasteiger partial charge in [0.2, 0.25) is 0 Å². The minimum absolute atomic E-state index is 0.229. The molecule has 1 aromatic carbocycles. The van der Waals surface area contributed by atoms with Crippen LogP contribution >= 0.6 is 0 Å². The summed E-state index contributed by atoms with van der Waals surface area (Å²) >= 11 is 0. The molecule has 0 heterocycles. The van der Waals surface area contributed by atoms with Gasteiger partial charge in [-0.05, 0) is 24.6 Å². The Hall–Kier alpha value is -1.56. The first-order valence-corrected chi connectivity index (χ1v) is 4.83. The van der Waals surface area contributed by atoms with E-state index in [1.54, 1.807) is 6.07 Å². The molecule has 3 nitrogen and oxygen atoms in total. The molecule has 0 aromatic heterocycles. The van der Waals surface area contributed by atoms with Crippen LogP contribution in [0.15, 0.2) is 24.3 Å². The van der Waals surface area contributed by atoms with Gasteiger partial charge in [-0.2, -0.15) is 13.2 Å². The maximum Gasteiger partial charge on any atom is 0.416 e. The molecule has 0 saturated carbocycles. The molecular formula is C11H14F3NO2. The second kappa shape index (κ2) is 6.90. The number of alkyl halides is 3. The molecule has 0 aliphatic rings. The molecule has 1 rings (SSSR count). The van der Waals surface area contributed by atoms with Crippen LogP contribution in [0, 0.1) is 0 Å². The highest BCUT2D eigenvalue weighted by Crippen LogP contribution is 2.31. The monoisotopic (exact) mass is 249 g/mol. The summed E-state index contributed by atoms with van der Waals surface area (Å²) in [5.74, 6) is -0.833. The number of rotatable bonds is 2. The predicted molar refractivity (Wildman–Crippen MR) is 57.5 cm³/mol. The highest BCUT2D eigenvalue weighted by Gasteiger charge is 2.32. The Labute approximate surface area is 97.1 Å². The van der Waals surface area contributed by atoms with E-state index in [2.05, 4.69) is 0 Å². The van der Waals surface area contributed by atoms with Crippen molar-refractivity contribution in [2.75, 3.05) is 6.54 Å². The zero-order valence-corrected chi connectivity index (χ0v) is 9.29. The number of carboxylic acids is 1. The van der Waals surface area contributed by atoms with Crippen molar-refractivity contribution in [2.24, 2.45) is 5.73 Å². The number of benzene rings is 1. The van der Waals surface area contributed by atoms with E-state index in [0.29, 0.717) is 0 Å². The van der Waals surface area contributed by atoms with E-state index < -0.39 is 17.7 Å². The smallest absolute Gasteiger partial charge is 0.416 e. The van der Waals surface area contributed by atoms with E-state index in [1.165, 1.54) is 12.1 Å². The second-order valence-electron chi connectivity index (χ2n) is 3.21. The summed E-state index contributed by atoms with van der Waals surface area (Å²) < 4.78 is 37.0. The molecule has 0 aliphatic carbocycles. The predicted octanol–water partition coefficient (Wildman–Crippen LogP) is 2.30. The number of aliphatic carboxylic acids is 1. The van der Waals surface area contributed by atoms with Crippen molar-refractivity contribution < 1.29 is 23.1 Å². The lowest BCUT2D eigenvalue weighted by Crippen LogP contribution is -2.12. The van der Waals surface area contributed by atoms with Crippen LogP contribution in [0.2, 0.25) is 0 Å². The fourth-order valence-electron chi connectivity index (χ4n) is 1.17. The SMILES string of the molecule is CC(=O)O.NCCc1ccccc1C(F)(F)F. The van der Waals surface area contributed by atoms with Gasteiger partial charge in [-0.25, -0.2) is 0 Å². The first kappa shape index (κ1) is 15.4. The number of hydrogen-bond acceptors (Lipinski definition) is 2. The van der Waals surface area contributed by atoms with Crippen molar-refractivity contribution in [1.29, 1.82) is 0 Å². The fraction of sp³-hybridized carbons (Fsp3) is 0.364. The van der Waals surface area contributed by atoms with Crippen LogP contribution in [0.25, 0.3) is 0 Å². The summed E-state index contributed by atoms with van der Waals surface area (Å²) in [5, 5.41) is 7.42. The van der Waals surface area contributed by atoms with Gasteiger partial charge in [-0.1, -0.05) is 18.2 Å². The molecule has 0 aliphatic heterocycles. The lowest BCUT2D eigenvalue weighted by atomic mass is 10.0. The van der Waals surface area contributed by atoms with Gasteiger partial charge < -0.3 is 10.8 Å². The number of carbonyl (C=O) groups is 1. The Kier molecular flexibility index (Phi) is 6.27. The Morgan fingerprint density at radius 3 is 2.24 bits per heavy atom. The van der Waals surface area contributed by atoms with Crippen LogP contribution in [-0.4, -0.2) is 17.6 Å². The second-order valence-corrected chi connectivity index (χ2v) is 3.21. The molecule has 6 heteroatoms. The molecule has 17 heavy (non-hydrogen) atoms. The first-order chi connectivity index (χ1) is 7.79. The van der Waals surface area contributed by atoms with Crippen LogP contribution in [0.4, 0.5) is 13.2 Å². The largest absolute Gasteiger partial charge is 0.481 e. The van der Waals surface area contributed by atoms with E-state index in [-0.39, 0.29) is 18.5 Å². The molecule has 0 atom stereocenters. The van der Waals surface area contributed by atoms with Gasteiger partial charge in [0.15, 0.2) is 0 Å². The summed E-state index contributed by atoms with van der Waals surface area (Å²) in [6, 6.07) is 5.49. The molecule has 0 spiro atoms. The van der Waals surface area contributed by atoms with E-state index >= 15 is 0 Å². The lowest BCUT2D eigenvalue weighted by molar-refractivity contribution is -0.138.